The van der Waals surface area contributed by atoms with Crippen LogP contribution in [0.15, 0.2) is 72.8 Å². The number of aliphatic carboxylic acids is 6. The van der Waals surface area contributed by atoms with Gasteiger partial charge in [0, 0.05) is 0 Å². The van der Waals surface area contributed by atoms with Crippen LogP contribution in [0, 0.1) is 0 Å². The van der Waals surface area contributed by atoms with Crippen molar-refractivity contribution < 1.29 is 116 Å². The zero-order chi connectivity index (χ0) is 59.0. The van der Waals surface area contributed by atoms with E-state index < -0.39 is 75.5 Å². The van der Waals surface area contributed by atoms with Crippen LogP contribution >= 0.6 is 0 Å². The minimum Gasteiger partial charge on any atom is -0.486 e. The van der Waals surface area contributed by atoms with Crippen LogP contribution in [-0.2, 0) is 67.3 Å². The molecule has 0 unspecified atom stereocenters. The first kappa shape index (κ1) is 57.0. The van der Waals surface area contributed by atoms with Crippen LogP contribution in [0.1, 0.15) is 66.8 Å². The first-order valence-corrected chi connectivity index (χ1v) is 26.3. The average molecular weight is 1160 g/mol. The Kier molecular flexibility index (Phi) is 17.1. The van der Waals surface area contributed by atoms with E-state index in [1.165, 1.54) is 0 Å². The highest BCUT2D eigenvalue weighted by Crippen LogP contribution is 2.44. The van der Waals surface area contributed by atoms with Gasteiger partial charge in [-0.25, -0.2) is 28.8 Å². The van der Waals surface area contributed by atoms with Gasteiger partial charge >= 0.3 is 35.8 Å². The summed E-state index contributed by atoms with van der Waals surface area (Å²) in [5.41, 5.74) is 7.52. The van der Waals surface area contributed by atoms with Gasteiger partial charge in [0.15, 0.2) is 109 Å². The van der Waals surface area contributed by atoms with Crippen molar-refractivity contribution in [1.82, 2.24) is 0 Å². The van der Waals surface area contributed by atoms with Gasteiger partial charge in [0.2, 0.25) is 0 Å². The van der Waals surface area contributed by atoms with Gasteiger partial charge in [-0.05, 0) is 178 Å². The number of rotatable bonds is 18. The normalized spacial score (nSPS) is 13.9. The second-order valence-electron chi connectivity index (χ2n) is 19.7. The summed E-state index contributed by atoms with van der Waals surface area (Å²) in [5.74, 6) is -6.59. The average Bonchev–Trinajstić information content (AvgIpc) is 3.60. The molecule has 84 heavy (non-hydrogen) atoms. The SMILES string of the molecule is O=C(O)COc1cc2c3cc1OCCOc1cc4c(cc1OCC(=O)O)Cc1cc5c(OCC(=O)O)cc1Cc1cc(c(OCC(=O)O)cc1C4)OCCOc1cc(c(cc1OCC(=O)O)Cc1cc(c(OCC(=O)O)cc1C3)OCCO5)C2. The standard InChI is InChI=1S/C60H54O24/c61-55(62)25-79-49-19-37-9-33-15-45-53(83-29-59(69)70)23-41(33)11-34-16-46-51(81-27-57(65)66)21-38(34)7-31(37)13-43(49)73-1-2-74-44-14-32-8-40-22-52(82-28-58(67)68)48(78-5-3-75-45)18-36(40)12-42-24-54(84-30-60(71)72)47(77-6-4-76-46)17-35(42)10-39(32)20-50(44)80-26-56(63)64/h13-24H,1-12,25-30H2,(H,61,62)(H,63,64)(H,65,66)(H,67,68)(H,69,70)(H,71,72). The highest BCUT2D eigenvalue weighted by molar-refractivity contribution is 5.72. The number of hydrogen-bond donors (Lipinski definition) is 6. The summed E-state index contributed by atoms with van der Waals surface area (Å²) in [6.07, 6.45) is 0.822. The molecule has 24 heteroatoms. The Labute approximate surface area is 477 Å². The summed E-state index contributed by atoms with van der Waals surface area (Å²) in [5, 5.41) is 58.9. The summed E-state index contributed by atoms with van der Waals surface area (Å²) < 4.78 is 73.7. The quantitative estimate of drug-likeness (QED) is 0.0605. The van der Waals surface area contributed by atoms with Crippen LogP contribution in [0.25, 0.3) is 0 Å². The predicted octanol–water partition coefficient (Wildman–Crippen LogP) is 5.64. The molecule has 6 N–H and O–H groups in total. The number of carboxylic acid groups (broad SMARTS) is 6. The Balaban J connectivity index is 1.23. The molecule has 0 radical (unpaired) electrons. The maximum absolute atomic E-state index is 12.0. The fraction of sp³-hybridized carbons (Fsp3) is 0.300. The maximum Gasteiger partial charge on any atom is 0.341 e. The van der Waals surface area contributed by atoms with Crippen LogP contribution in [0.4, 0.5) is 0 Å². The molecule has 0 aromatic heterocycles. The lowest BCUT2D eigenvalue weighted by Gasteiger charge is -2.21. The third-order valence-corrected chi connectivity index (χ3v) is 13.8. The monoisotopic (exact) mass is 1160 g/mol. The number of carbonyl (C=O) groups is 6. The highest BCUT2D eigenvalue weighted by Gasteiger charge is 2.28. The van der Waals surface area contributed by atoms with Crippen LogP contribution < -0.4 is 56.8 Å². The van der Waals surface area contributed by atoms with Gasteiger partial charge in [0.1, 0.15) is 39.6 Å². The molecule has 6 aromatic rings. The van der Waals surface area contributed by atoms with E-state index in [0.717, 1.165) is 0 Å². The molecule has 0 atom stereocenters. The van der Waals surface area contributed by atoms with Crippen molar-refractivity contribution in [3.8, 4) is 69.0 Å². The smallest absolute Gasteiger partial charge is 0.341 e. The lowest BCUT2D eigenvalue weighted by atomic mass is 9.94. The number of benzene rings is 6. The number of ether oxygens (including phenoxy) is 12. The van der Waals surface area contributed by atoms with Crippen LogP contribution in [0.5, 0.6) is 69.0 Å². The molecule has 0 spiro atoms. The van der Waals surface area contributed by atoms with E-state index >= 15 is 0 Å². The van der Waals surface area contributed by atoms with Gasteiger partial charge in [0.05, 0.1) is 0 Å². The van der Waals surface area contributed by atoms with Crippen molar-refractivity contribution in [3.05, 3.63) is 140 Å². The van der Waals surface area contributed by atoms with Gasteiger partial charge in [-0.15, -0.1) is 0 Å². The van der Waals surface area contributed by atoms with E-state index in [4.69, 9.17) is 56.8 Å². The minimum absolute atomic E-state index is 0.0550. The molecule has 14 aliphatic rings. The van der Waals surface area contributed by atoms with Crippen LogP contribution in [0.3, 0.4) is 0 Å². The molecule has 12 heterocycles. The van der Waals surface area contributed by atoms with Gasteiger partial charge < -0.3 is 87.5 Å². The van der Waals surface area contributed by atoms with E-state index in [0.29, 0.717) is 66.8 Å². The lowest BCUT2D eigenvalue weighted by molar-refractivity contribution is -0.140. The van der Waals surface area contributed by atoms with Crippen molar-refractivity contribution in [2.45, 2.75) is 38.5 Å². The first-order valence-electron chi connectivity index (χ1n) is 26.3. The molecule has 12 aliphatic heterocycles. The zero-order valence-electron chi connectivity index (χ0n) is 44.7. The lowest BCUT2D eigenvalue weighted by Crippen LogP contribution is -2.15. The van der Waals surface area contributed by atoms with Gasteiger partial charge in [-0.1, -0.05) is 0 Å². The second kappa shape index (κ2) is 25.3. The van der Waals surface area contributed by atoms with E-state index in [2.05, 4.69) is 0 Å². The topological polar surface area (TPSA) is 335 Å². The molecular formula is C60H54O24. The summed E-state index contributed by atoms with van der Waals surface area (Å²) in [6.45, 7) is -5.67. The molecule has 438 valence electrons. The molecule has 24 nitrogen and oxygen atoms in total. The summed E-state index contributed by atoms with van der Waals surface area (Å²) >= 11 is 0. The predicted molar refractivity (Wildman–Crippen MR) is 287 cm³/mol. The minimum atomic E-state index is -1.27. The molecule has 20 rings (SSSR count). The van der Waals surface area contributed by atoms with Crippen molar-refractivity contribution >= 4 is 35.8 Å². The van der Waals surface area contributed by atoms with Gasteiger partial charge in [-0.2, -0.15) is 0 Å². The van der Waals surface area contributed by atoms with E-state index in [1.54, 1.807) is 72.8 Å². The Morgan fingerprint density at radius 1 is 0.250 bits per heavy atom. The van der Waals surface area contributed by atoms with Gasteiger partial charge in [-0.3, -0.25) is 0 Å². The molecule has 0 fully saturated rings. The Hall–Kier alpha value is -10.3. The largest absolute Gasteiger partial charge is 0.486 e. The number of carboxylic acids is 6. The Morgan fingerprint density at radius 2 is 0.381 bits per heavy atom. The van der Waals surface area contributed by atoms with Crippen molar-refractivity contribution in [1.29, 1.82) is 0 Å². The second-order valence-corrected chi connectivity index (χ2v) is 19.7. The molecular weight excluding hydrogens is 1100 g/mol. The molecule has 18 bridgehead atoms. The Morgan fingerprint density at radius 3 is 0.512 bits per heavy atom. The Bertz CT molecular complexity index is 2990. The molecule has 0 saturated heterocycles. The highest BCUT2D eigenvalue weighted by atomic mass is 16.6. The van der Waals surface area contributed by atoms with E-state index in [-0.39, 0.29) is 147 Å². The third-order valence-electron chi connectivity index (χ3n) is 13.8. The zero-order valence-corrected chi connectivity index (χ0v) is 44.7. The van der Waals surface area contributed by atoms with Crippen molar-refractivity contribution in [3.63, 3.8) is 0 Å². The van der Waals surface area contributed by atoms with Crippen LogP contribution in [0.2, 0.25) is 0 Å². The maximum atomic E-state index is 12.0. The first-order chi connectivity index (χ1) is 40.5. The number of hydrogen-bond acceptors (Lipinski definition) is 18. The van der Waals surface area contributed by atoms with E-state index in [1.807, 2.05) is 0 Å². The molecule has 0 saturated carbocycles. The molecule has 2 aliphatic carbocycles. The third kappa shape index (κ3) is 13.9. The summed E-state index contributed by atoms with van der Waals surface area (Å²) in [7, 11) is 0. The molecule has 0 amide bonds. The van der Waals surface area contributed by atoms with Crippen molar-refractivity contribution in [2.24, 2.45) is 0 Å². The summed E-state index contributed by atoms with van der Waals surface area (Å²) in [4.78, 5) is 72.3. The molecule has 6 aromatic carbocycles. The van der Waals surface area contributed by atoms with Crippen molar-refractivity contribution in [2.75, 3.05) is 79.3 Å². The fourth-order valence-corrected chi connectivity index (χ4v) is 10.2. The van der Waals surface area contributed by atoms with E-state index in [9.17, 15) is 59.4 Å². The summed E-state index contributed by atoms with van der Waals surface area (Å²) in [6, 6.07) is 20.0. The fourth-order valence-electron chi connectivity index (χ4n) is 10.2. The van der Waals surface area contributed by atoms with Gasteiger partial charge in [0.25, 0.3) is 0 Å². The van der Waals surface area contributed by atoms with Crippen LogP contribution in [-0.4, -0.2) is 146 Å².